The van der Waals surface area contributed by atoms with E-state index in [1.165, 1.54) is 0 Å². The number of benzene rings is 1. The van der Waals surface area contributed by atoms with E-state index in [1.54, 1.807) is 35.7 Å². The van der Waals surface area contributed by atoms with Crippen LogP contribution in [-0.2, 0) is 20.0 Å². The predicted molar refractivity (Wildman–Crippen MR) is 84.7 cm³/mol. The Bertz CT molecular complexity index is 518. The highest BCUT2D eigenvalue weighted by molar-refractivity contribution is 8.22. The third kappa shape index (κ3) is 3.52. The highest BCUT2D eigenvalue weighted by Gasteiger charge is 2.32. The maximum atomic E-state index is 11.5. The fourth-order valence-electron chi connectivity index (χ4n) is 2.15. The number of phenols is 1. The van der Waals surface area contributed by atoms with Crippen LogP contribution in [0.1, 0.15) is 31.4 Å². The maximum absolute atomic E-state index is 11.5. The van der Waals surface area contributed by atoms with Gasteiger partial charge in [-0.1, -0.05) is 6.07 Å². The van der Waals surface area contributed by atoms with Gasteiger partial charge < -0.3 is 9.84 Å². The molecule has 0 fully saturated rings. The molecule has 0 saturated heterocycles. The SMILES string of the molecule is CCOC(=O)CCc1ccc(O)cc1C1(C)SC=CS1. The molecule has 1 aliphatic heterocycles. The maximum Gasteiger partial charge on any atom is 0.306 e. The van der Waals surface area contributed by atoms with Gasteiger partial charge in [0.15, 0.2) is 0 Å². The summed E-state index contributed by atoms with van der Waals surface area (Å²) in [6.45, 7) is 4.35. The number of aryl methyl sites for hydroxylation is 1. The summed E-state index contributed by atoms with van der Waals surface area (Å²) >= 11 is 3.44. The number of aromatic hydroxyl groups is 1. The summed E-state index contributed by atoms with van der Waals surface area (Å²) in [6, 6.07) is 5.37. The number of phenolic OH excluding ortho intramolecular Hbond substituents is 1. The molecule has 0 atom stereocenters. The molecule has 1 aromatic rings. The molecule has 0 amide bonds. The summed E-state index contributed by atoms with van der Waals surface area (Å²) in [6.07, 6.45) is 0.996. The standard InChI is InChI=1S/C15H18O3S2/c1-3-18-14(17)7-5-11-4-6-12(16)10-13(11)15(2)19-8-9-20-15/h4,6,8-10,16H,3,5,7H2,1-2H3. The van der Waals surface area contributed by atoms with Crippen molar-refractivity contribution in [1.29, 1.82) is 0 Å². The van der Waals surface area contributed by atoms with Crippen molar-refractivity contribution in [3.8, 4) is 5.75 Å². The van der Waals surface area contributed by atoms with E-state index in [4.69, 9.17) is 4.74 Å². The summed E-state index contributed by atoms with van der Waals surface area (Å²) in [5, 5.41) is 13.9. The minimum atomic E-state index is -0.179. The molecule has 0 spiro atoms. The zero-order valence-electron chi connectivity index (χ0n) is 11.6. The average molecular weight is 310 g/mol. The molecule has 0 radical (unpaired) electrons. The Hall–Kier alpha value is -1.07. The number of ether oxygens (including phenoxy) is 1. The molecule has 3 nitrogen and oxygen atoms in total. The van der Waals surface area contributed by atoms with Gasteiger partial charge in [0.25, 0.3) is 0 Å². The molecular formula is C15H18O3S2. The second-order valence-corrected chi connectivity index (χ2v) is 7.51. The van der Waals surface area contributed by atoms with Gasteiger partial charge in [-0.2, -0.15) is 0 Å². The van der Waals surface area contributed by atoms with E-state index in [0.29, 0.717) is 19.4 Å². The van der Waals surface area contributed by atoms with Crippen LogP contribution in [0, 0.1) is 0 Å². The van der Waals surface area contributed by atoms with Crippen LogP contribution >= 0.6 is 23.5 Å². The second-order valence-electron chi connectivity index (χ2n) is 4.60. The third-order valence-electron chi connectivity index (χ3n) is 3.13. The Balaban J connectivity index is 2.18. The number of rotatable bonds is 5. The Kier molecular flexibility index (Phi) is 5.05. The van der Waals surface area contributed by atoms with Crippen LogP contribution in [0.5, 0.6) is 5.75 Å². The quantitative estimate of drug-likeness (QED) is 0.833. The van der Waals surface area contributed by atoms with Gasteiger partial charge in [0.1, 0.15) is 5.75 Å². The molecule has 1 heterocycles. The lowest BCUT2D eigenvalue weighted by atomic mass is 10.00. The van der Waals surface area contributed by atoms with Gasteiger partial charge in [-0.05, 0) is 54.3 Å². The first kappa shape index (κ1) is 15.3. The van der Waals surface area contributed by atoms with Crippen molar-refractivity contribution in [3.05, 3.63) is 40.1 Å². The Morgan fingerprint density at radius 3 is 2.70 bits per heavy atom. The van der Waals surface area contributed by atoms with Crippen molar-refractivity contribution in [3.63, 3.8) is 0 Å². The van der Waals surface area contributed by atoms with Crippen LogP contribution in [0.15, 0.2) is 29.0 Å². The number of carbonyl (C=O) groups is 1. The number of hydrogen-bond acceptors (Lipinski definition) is 5. The molecule has 1 N–H and O–H groups in total. The third-order valence-corrected chi connectivity index (χ3v) is 5.76. The van der Waals surface area contributed by atoms with Gasteiger partial charge in [-0.3, -0.25) is 4.79 Å². The first-order chi connectivity index (χ1) is 9.55. The Morgan fingerprint density at radius 2 is 2.05 bits per heavy atom. The first-order valence-corrected chi connectivity index (χ1v) is 8.30. The van der Waals surface area contributed by atoms with E-state index in [2.05, 4.69) is 17.7 Å². The number of thioether (sulfide) groups is 2. The highest BCUT2D eigenvalue weighted by atomic mass is 32.2. The van der Waals surface area contributed by atoms with Gasteiger partial charge in [0.2, 0.25) is 0 Å². The molecule has 0 aromatic heterocycles. The Morgan fingerprint density at radius 1 is 1.35 bits per heavy atom. The van der Waals surface area contributed by atoms with Crippen LogP contribution in [-0.4, -0.2) is 17.7 Å². The van der Waals surface area contributed by atoms with E-state index in [0.717, 1.165) is 11.1 Å². The molecule has 0 bridgehead atoms. The highest BCUT2D eigenvalue weighted by Crippen LogP contribution is 2.53. The lowest BCUT2D eigenvalue weighted by Crippen LogP contribution is -2.13. The fourth-order valence-corrected chi connectivity index (χ4v) is 4.30. The van der Waals surface area contributed by atoms with Crippen LogP contribution in [0.2, 0.25) is 0 Å². The molecule has 2 rings (SSSR count). The molecule has 0 saturated carbocycles. The van der Waals surface area contributed by atoms with Crippen LogP contribution < -0.4 is 0 Å². The van der Waals surface area contributed by atoms with Gasteiger partial charge in [-0.15, -0.1) is 23.5 Å². The van der Waals surface area contributed by atoms with Crippen LogP contribution in [0.4, 0.5) is 0 Å². The van der Waals surface area contributed by atoms with E-state index < -0.39 is 0 Å². The van der Waals surface area contributed by atoms with Gasteiger partial charge >= 0.3 is 5.97 Å². The minimum absolute atomic E-state index is 0.136. The van der Waals surface area contributed by atoms with E-state index >= 15 is 0 Å². The van der Waals surface area contributed by atoms with Crippen molar-refractivity contribution >= 4 is 29.5 Å². The normalized spacial score (nSPS) is 16.3. The predicted octanol–water partition coefficient (Wildman–Crippen LogP) is 4.01. The van der Waals surface area contributed by atoms with E-state index in [1.807, 2.05) is 13.0 Å². The molecule has 1 aliphatic rings. The van der Waals surface area contributed by atoms with Crippen molar-refractivity contribution in [2.75, 3.05) is 6.61 Å². The van der Waals surface area contributed by atoms with Crippen molar-refractivity contribution in [1.82, 2.24) is 0 Å². The van der Waals surface area contributed by atoms with Gasteiger partial charge in [-0.25, -0.2) is 0 Å². The lowest BCUT2D eigenvalue weighted by molar-refractivity contribution is -0.143. The second kappa shape index (κ2) is 6.59. The average Bonchev–Trinajstić information content (AvgIpc) is 2.86. The van der Waals surface area contributed by atoms with Crippen molar-refractivity contribution in [2.24, 2.45) is 0 Å². The number of carbonyl (C=O) groups excluding carboxylic acids is 1. The minimum Gasteiger partial charge on any atom is -0.508 e. The van der Waals surface area contributed by atoms with E-state index in [9.17, 15) is 9.90 Å². The lowest BCUT2D eigenvalue weighted by Gasteiger charge is -2.25. The number of esters is 1. The molecule has 0 aliphatic carbocycles. The summed E-state index contributed by atoms with van der Waals surface area (Å²) < 4.78 is 4.83. The number of hydrogen-bond donors (Lipinski definition) is 1. The summed E-state index contributed by atoms with van der Waals surface area (Å²) in [5.74, 6) is 0.0794. The van der Waals surface area contributed by atoms with E-state index in [-0.39, 0.29) is 15.8 Å². The van der Waals surface area contributed by atoms with Crippen LogP contribution in [0.25, 0.3) is 0 Å². The summed E-state index contributed by atoms with van der Waals surface area (Å²) in [5.41, 5.74) is 2.16. The molecule has 20 heavy (non-hydrogen) atoms. The summed E-state index contributed by atoms with van der Waals surface area (Å²) in [7, 11) is 0. The first-order valence-electron chi connectivity index (χ1n) is 6.54. The smallest absolute Gasteiger partial charge is 0.306 e. The largest absolute Gasteiger partial charge is 0.508 e. The molecule has 1 aromatic carbocycles. The fraction of sp³-hybridized carbons (Fsp3) is 0.400. The molecule has 5 heteroatoms. The molecule has 0 unspecified atom stereocenters. The van der Waals surface area contributed by atoms with Gasteiger partial charge in [0, 0.05) is 6.42 Å². The molecule has 108 valence electrons. The monoisotopic (exact) mass is 310 g/mol. The zero-order valence-corrected chi connectivity index (χ0v) is 13.2. The van der Waals surface area contributed by atoms with Crippen molar-refractivity contribution < 1.29 is 14.6 Å². The topological polar surface area (TPSA) is 46.5 Å². The zero-order chi connectivity index (χ0) is 14.6. The Labute approximate surface area is 127 Å². The van der Waals surface area contributed by atoms with Gasteiger partial charge in [0.05, 0.1) is 10.7 Å². The molecular weight excluding hydrogens is 292 g/mol. The van der Waals surface area contributed by atoms with Crippen molar-refractivity contribution in [2.45, 2.75) is 30.8 Å². The van der Waals surface area contributed by atoms with Crippen LogP contribution in [0.3, 0.4) is 0 Å². The summed E-state index contributed by atoms with van der Waals surface area (Å²) in [4.78, 5) is 11.5.